The molecule has 1 aromatic heterocycles. The Labute approximate surface area is 130 Å². The first-order valence-corrected chi connectivity index (χ1v) is 7.27. The Balaban J connectivity index is 2.21. The Morgan fingerprint density at radius 2 is 2.20 bits per heavy atom. The SMILES string of the molecule is COCCn1ncc(Br)c1C(=O)Cc1ccccc1Cl. The molecule has 0 saturated heterocycles. The number of nitrogens with zero attached hydrogens (tertiary/aromatic N) is 2. The summed E-state index contributed by atoms with van der Waals surface area (Å²) < 4.78 is 7.35. The van der Waals surface area contributed by atoms with Crippen LogP contribution >= 0.6 is 27.5 Å². The Bertz CT molecular complexity index is 613. The zero-order valence-corrected chi connectivity index (χ0v) is 13.3. The number of carbonyl (C=O) groups is 1. The predicted octanol–water partition coefficient (Wildman–Crippen LogP) is 3.37. The summed E-state index contributed by atoms with van der Waals surface area (Å²) in [7, 11) is 1.61. The third kappa shape index (κ3) is 3.48. The van der Waals surface area contributed by atoms with Gasteiger partial charge in [-0.05, 0) is 27.6 Å². The van der Waals surface area contributed by atoms with Crippen molar-refractivity contribution in [1.82, 2.24) is 9.78 Å². The highest BCUT2D eigenvalue weighted by atomic mass is 79.9. The Morgan fingerprint density at radius 1 is 1.45 bits per heavy atom. The molecule has 1 heterocycles. The molecular weight excluding hydrogens is 344 g/mol. The van der Waals surface area contributed by atoms with E-state index < -0.39 is 0 Å². The van der Waals surface area contributed by atoms with E-state index in [1.165, 1.54) is 0 Å². The normalized spacial score (nSPS) is 10.8. The van der Waals surface area contributed by atoms with E-state index in [-0.39, 0.29) is 12.2 Å². The van der Waals surface area contributed by atoms with Crippen molar-refractivity contribution in [3.8, 4) is 0 Å². The Morgan fingerprint density at radius 3 is 2.90 bits per heavy atom. The molecule has 4 nitrogen and oxygen atoms in total. The minimum absolute atomic E-state index is 0.0291. The lowest BCUT2D eigenvalue weighted by Crippen LogP contribution is -2.15. The number of rotatable bonds is 6. The van der Waals surface area contributed by atoms with Crippen LogP contribution in [0.3, 0.4) is 0 Å². The van der Waals surface area contributed by atoms with Crippen LogP contribution in [-0.4, -0.2) is 29.3 Å². The van der Waals surface area contributed by atoms with Crippen LogP contribution in [-0.2, 0) is 17.7 Å². The lowest BCUT2D eigenvalue weighted by Gasteiger charge is -2.08. The van der Waals surface area contributed by atoms with E-state index in [4.69, 9.17) is 16.3 Å². The highest BCUT2D eigenvalue weighted by Crippen LogP contribution is 2.21. The lowest BCUT2D eigenvalue weighted by atomic mass is 10.1. The van der Waals surface area contributed by atoms with Gasteiger partial charge in [-0.15, -0.1) is 0 Å². The van der Waals surface area contributed by atoms with Crippen molar-refractivity contribution in [2.24, 2.45) is 0 Å². The molecule has 0 bridgehead atoms. The fraction of sp³-hybridized carbons (Fsp3) is 0.286. The van der Waals surface area contributed by atoms with Crippen LogP contribution < -0.4 is 0 Å². The van der Waals surface area contributed by atoms with Crippen LogP contribution in [0.15, 0.2) is 34.9 Å². The van der Waals surface area contributed by atoms with Crippen molar-refractivity contribution in [3.05, 3.63) is 51.2 Å². The maximum Gasteiger partial charge on any atom is 0.186 e. The molecule has 0 saturated carbocycles. The Kier molecular flexibility index (Phi) is 5.34. The summed E-state index contributed by atoms with van der Waals surface area (Å²) in [5, 5.41) is 4.77. The van der Waals surface area contributed by atoms with Gasteiger partial charge in [0.1, 0.15) is 5.69 Å². The second kappa shape index (κ2) is 7.02. The highest BCUT2D eigenvalue weighted by Gasteiger charge is 2.18. The minimum atomic E-state index is -0.0291. The second-order valence-electron chi connectivity index (χ2n) is 4.25. The van der Waals surface area contributed by atoms with Crippen LogP contribution in [0, 0.1) is 0 Å². The van der Waals surface area contributed by atoms with E-state index in [1.807, 2.05) is 18.2 Å². The van der Waals surface area contributed by atoms with Gasteiger partial charge in [0.2, 0.25) is 0 Å². The summed E-state index contributed by atoms with van der Waals surface area (Å²) >= 11 is 9.45. The molecule has 0 unspecified atom stereocenters. The molecule has 106 valence electrons. The van der Waals surface area contributed by atoms with Gasteiger partial charge in [-0.1, -0.05) is 29.8 Å². The molecule has 0 aliphatic heterocycles. The average Bonchev–Trinajstić information content (AvgIpc) is 2.80. The number of ketones is 1. The smallest absolute Gasteiger partial charge is 0.186 e. The standard InChI is InChI=1S/C14H14BrClN2O2/c1-20-7-6-18-14(11(15)9-17-18)13(19)8-10-4-2-3-5-12(10)16/h2-5,9H,6-8H2,1H3. The molecular formula is C14H14BrClN2O2. The quantitative estimate of drug-likeness (QED) is 0.745. The van der Waals surface area contributed by atoms with E-state index in [2.05, 4.69) is 21.0 Å². The van der Waals surface area contributed by atoms with Gasteiger partial charge >= 0.3 is 0 Å². The summed E-state index contributed by atoms with van der Waals surface area (Å²) in [6, 6.07) is 7.34. The van der Waals surface area contributed by atoms with Gasteiger partial charge in [0.15, 0.2) is 5.78 Å². The summed E-state index contributed by atoms with van der Waals surface area (Å²) in [5.41, 5.74) is 1.35. The number of benzene rings is 1. The number of aromatic nitrogens is 2. The van der Waals surface area contributed by atoms with Gasteiger partial charge in [-0.2, -0.15) is 5.10 Å². The molecule has 0 aliphatic rings. The first-order valence-electron chi connectivity index (χ1n) is 6.10. The molecule has 1 aromatic carbocycles. The first kappa shape index (κ1) is 15.2. The van der Waals surface area contributed by atoms with Crippen LogP contribution in [0.2, 0.25) is 5.02 Å². The fourth-order valence-electron chi connectivity index (χ4n) is 1.89. The van der Waals surface area contributed by atoms with Crippen molar-refractivity contribution < 1.29 is 9.53 Å². The van der Waals surface area contributed by atoms with Crippen molar-refractivity contribution in [2.75, 3.05) is 13.7 Å². The van der Waals surface area contributed by atoms with Gasteiger partial charge in [0, 0.05) is 18.6 Å². The summed E-state index contributed by atoms with van der Waals surface area (Å²) in [6.45, 7) is 1.03. The topological polar surface area (TPSA) is 44.1 Å². The molecule has 0 aliphatic carbocycles. The number of ether oxygens (including phenoxy) is 1. The maximum atomic E-state index is 12.4. The molecule has 0 N–H and O–H groups in total. The van der Waals surface area contributed by atoms with Gasteiger partial charge < -0.3 is 4.74 Å². The van der Waals surface area contributed by atoms with Gasteiger partial charge in [0.25, 0.3) is 0 Å². The molecule has 0 amide bonds. The third-order valence-corrected chi connectivity index (χ3v) is 3.82. The largest absolute Gasteiger partial charge is 0.383 e. The number of carbonyl (C=O) groups excluding carboxylic acids is 1. The van der Waals surface area contributed by atoms with Crippen molar-refractivity contribution in [2.45, 2.75) is 13.0 Å². The molecule has 6 heteroatoms. The summed E-state index contributed by atoms with van der Waals surface area (Å²) in [5.74, 6) is -0.0291. The average molecular weight is 358 g/mol. The molecule has 0 spiro atoms. The lowest BCUT2D eigenvalue weighted by molar-refractivity contribution is 0.0978. The molecule has 0 atom stereocenters. The van der Waals surface area contributed by atoms with Crippen LogP contribution in [0.5, 0.6) is 0 Å². The Hall–Kier alpha value is -1.17. The maximum absolute atomic E-state index is 12.4. The van der Waals surface area contributed by atoms with Crippen LogP contribution in [0.25, 0.3) is 0 Å². The van der Waals surface area contributed by atoms with E-state index >= 15 is 0 Å². The van der Waals surface area contributed by atoms with Crippen LogP contribution in [0.1, 0.15) is 16.1 Å². The van der Waals surface area contributed by atoms with E-state index in [1.54, 1.807) is 24.1 Å². The third-order valence-electron chi connectivity index (χ3n) is 2.87. The van der Waals surface area contributed by atoms with Crippen molar-refractivity contribution in [3.63, 3.8) is 0 Å². The second-order valence-corrected chi connectivity index (χ2v) is 5.51. The fourth-order valence-corrected chi connectivity index (χ4v) is 2.61. The summed E-state index contributed by atoms with van der Waals surface area (Å²) in [4.78, 5) is 12.4. The molecule has 0 fully saturated rings. The molecule has 20 heavy (non-hydrogen) atoms. The van der Waals surface area contributed by atoms with Gasteiger partial charge in [-0.3, -0.25) is 9.48 Å². The zero-order chi connectivity index (χ0) is 14.5. The molecule has 2 rings (SSSR count). The van der Waals surface area contributed by atoms with E-state index in [0.29, 0.717) is 28.3 Å². The monoisotopic (exact) mass is 356 g/mol. The molecule has 2 aromatic rings. The number of halogens is 2. The van der Waals surface area contributed by atoms with Crippen LogP contribution in [0.4, 0.5) is 0 Å². The summed E-state index contributed by atoms with van der Waals surface area (Å²) in [6.07, 6.45) is 1.87. The van der Waals surface area contributed by atoms with Crippen molar-refractivity contribution >= 4 is 33.3 Å². The number of hydrogen-bond donors (Lipinski definition) is 0. The number of Topliss-reactive ketones (excluding diaryl/α,β-unsaturated/α-hetero) is 1. The highest BCUT2D eigenvalue weighted by molar-refractivity contribution is 9.10. The minimum Gasteiger partial charge on any atom is -0.383 e. The number of methoxy groups -OCH3 is 1. The van der Waals surface area contributed by atoms with E-state index in [9.17, 15) is 4.79 Å². The van der Waals surface area contributed by atoms with Gasteiger partial charge in [0.05, 0.1) is 23.8 Å². The van der Waals surface area contributed by atoms with E-state index in [0.717, 1.165) is 5.56 Å². The predicted molar refractivity (Wildman–Crippen MR) is 81.3 cm³/mol. The molecule has 0 radical (unpaired) electrons. The van der Waals surface area contributed by atoms with Gasteiger partial charge in [-0.25, -0.2) is 0 Å². The van der Waals surface area contributed by atoms with Crippen molar-refractivity contribution in [1.29, 1.82) is 0 Å². The first-order chi connectivity index (χ1) is 9.63. The number of hydrogen-bond acceptors (Lipinski definition) is 3. The zero-order valence-electron chi connectivity index (χ0n) is 11.0.